The van der Waals surface area contributed by atoms with Gasteiger partial charge in [-0.1, -0.05) is 141 Å². The van der Waals surface area contributed by atoms with Gasteiger partial charge in [-0.15, -0.1) is 0 Å². The second-order valence-electron chi connectivity index (χ2n) is 16.2. The molecule has 0 radical (unpaired) electrons. The van der Waals surface area contributed by atoms with Gasteiger partial charge in [0.25, 0.3) is 0 Å². The topological polar surface area (TPSA) is 31.7 Å². The molecule has 1 aromatic heterocycles. The van der Waals surface area contributed by atoms with E-state index in [0.29, 0.717) is 5.70 Å². The maximum absolute atomic E-state index is 5.42. The number of allylic oxidation sites excluding steroid dienone is 5. The lowest BCUT2D eigenvalue weighted by molar-refractivity contribution is 1.09. The molecule has 0 atom stereocenters. The Labute approximate surface area is 368 Å². The first kappa shape index (κ1) is 37.9. The van der Waals surface area contributed by atoms with Crippen LogP contribution in [0.4, 0.5) is 34.1 Å². The van der Waals surface area contributed by atoms with Gasteiger partial charge in [-0.2, -0.15) is 0 Å². The molecule has 0 fully saturated rings. The number of hydrogen-bond donors (Lipinski definition) is 0. The van der Waals surface area contributed by atoms with E-state index in [0.717, 1.165) is 79.2 Å². The van der Waals surface area contributed by atoms with Crippen molar-refractivity contribution in [1.29, 1.82) is 0 Å². The summed E-state index contributed by atoms with van der Waals surface area (Å²) in [6, 6.07) is 61.7. The Morgan fingerprint density at radius 2 is 1.08 bits per heavy atom. The van der Waals surface area contributed by atoms with E-state index in [2.05, 4.69) is 205 Å². The van der Waals surface area contributed by atoms with Crippen molar-refractivity contribution in [3.63, 3.8) is 0 Å². The number of benzene rings is 8. The van der Waals surface area contributed by atoms with E-state index in [-0.39, 0.29) is 0 Å². The zero-order chi connectivity index (χ0) is 42.4. The SMILES string of the molecule is C=C/C=C\C(=C)/N=C(\C=C\C)c1c2cc(N3c4ccccc4Cc4ccccc43)ccc2c(-c2ccc3ccccc3n2)c2cc(N3c4ccccc4Cc4ccccc43)ccc12. The molecule has 0 N–H and O–H groups in total. The monoisotopic (exact) mass is 808 g/mol. The van der Waals surface area contributed by atoms with E-state index in [9.17, 15) is 0 Å². The zero-order valence-electron chi connectivity index (χ0n) is 35.2. The molecule has 0 saturated carbocycles. The van der Waals surface area contributed by atoms with Crippen molar-refractivity contribution in [2.75, 3.05) is 9.80 Å². The molecule has 0 saturated heterocycles. The highest BCUT2D eigenvalue weighted by Gasteiger charge is 2.28. The molecule has 3 heterocycles. The van der Waals surface area contributed by atoms with Crippen molar-refractivity contribution in [1.82, 2.24) is 4.98 Å². The molecule has 11 rings (SSSR count). The van der Waals surface area contributed by atoms with Crippen molar-refractivity contribution >= 4 is 72.3 Å². The second-order valence-corrected chi connectivity index (χ2v) is 16.2. The van der Waals surface area contributed by atoms with Gasteiger partial charge in [0, 0.05) is 63.5 Å². The van der Waals surface area contributed by atoms with E-state index in [1.54, 1.807) is 6.08 Å². The van der Waals surface area contributed by atoms with Gasteiger partial charge in [0.05, 0.1) is 22.6 Å². The zero-order valence-corrected chi connectivity index (χ0v) is 35.2. The number of anilines is 6. The Hall–Kier alpha value is -8.08. The van der Waals surface area contributed by atoms with Crippen molar-refractivity contribution in [3.8, 4) is 11.3 Å². The Morgan fingerprint density at radius 1 is 0.556 bits per heavy atom. The van der Waals surface area contributed by atoms with Crippen LogP contribution >= 0.6 is 0 Å². The van der Waals surface area contributed by atoms with E-state index in [1.807, 2.05) is 19.1 Å². The number of hydrogen-bond acceptors (Lipinski definition) is 4. The molecule has 0 bridgehead atoms. The summed E-state index contributed by atoms with van der Waals surface area (Å²) in [5.74, 6) is 0. The lowest BCUT2D eigenvalue weighted by Crippen LogP contribution is -2.18. The van der Waals surface area contributed by atoms with E-state index < -0.39 is 0 Å². The highest BCUT2D eigenvalue weighted by molar-refractivity contribution is 6.29. The maximum Gasteiger partial charge on any atom is 0.0722 e. The lowest BCUT2D eigenvalue weighted by Gasteiger charge is -2.34. The summed E-state index contributed by atoms with van der Waals surface area (Å²) in [4.78, 5) is 15.5. The van der Waals surface area contributed by atoms with Gasteiger partial charge >= 0.3 is 0 Å². The molecule has 0 unspecified atom stereocenters. The van der Waals surface area contributed by atoms with Gasteiger partial charge in [0.2, 0.25) is 0 Å². The third kappa shape index (κ3) is 6.55. The van der Waals surface area contributed by atoms with Crippen LogP contribution in [0, 0.1) is 0 Å². The van der Waals surface area contributed by atoms with Crippen molar-refractivity contribution in [2.24, 2.45) is 4.99 Å². The van der Waals surface area contributed by atoms with Gasteiger partial charge in [-0.25, -0.2) is 9.98 Å². The van der Waals surface area contributed by atoms with E-state index >= 15 is 0 Å². The first-order valence-electron chi connectivity index (χ1n) is 21.6. The minimum absolute atomic E-state index is 0.637. The predicted molar refractivity (Wildman–Crippen MR) is 267 cm³/mol. The summed E-state index contributed by atoms with van der Waals surface area (Å²) >= 11 is 0. The average molecular weight is 809 g/mol. The summed E-state index contributed by atoms with van der Waals surface area (Å²) in [5.41, 5.74) is 17.5. The minimum Gasteiger partial charge on any atom is -0.310 e. The third-order valence-corrected chi connectivity index (χ3v) is 12.4. The first-order chi connectivity index (χ1) is 31.1. The van der Waals surface area contributed by atoms with Crippen LogP contribution in [0.2, 0.25) is 0 Å². The smallest absolute Gasteiger partial charge is 0.0722 e. The number of pyridine rings is 1. The van der Waals surface area contributed by atoms with Gasteiger partial charge in [-0.3, -0.25) is 0 Å². The van der Waals surface area contributed by atoms with Gasteiger partial charge in [0.15, 0.2) is 0 Å². The number of aromatic nitrogens is 1. The molecule has 0 aliphatic carbocycles. The van der Waals surface area contributed by atoms with Gasteiger partial charge < -0.3 is 9.80 Å². The molecule has 2 aliphatic rings. The van der Waals surface area contributed by atoms with Crippen LogP contribution in [-0.2, 0) is 12.8 Å². The second kappa shape index (κ2) is 15.7. The van der Waals surface area contributed by atoms with Gasteiger partial charge in [-0.05, 0) is 124 Å². The Balaban J connectivity index is 1.26. The number of para-hydroxylation sites is 5. The predicted octanol–water partition coefficient (Wildman–Crippen LogP) is 15.6. The molecule has 2 aliphatic heterocycles. The standard InChI is InChI=1S/C59H44N4/c1-4-6-18-39(3)60-52(17-5-2)58-47-32-30-46(63-56-27-15-10-22-43(56)36-44-23-11-16-28-57(44)63)38-50(47)59(53-34-29-40-19-7-12-24-51(40)61-53)48-33-31-45(37-49(48)58)62-54-25-13-8-20-41(54)35-42-21-9-14-26-55(42)62/h4-34,37-38H,1,3,35-36H2,2H3/b17-5+,18-6-,60-52+. The van der Waals surface area contributed by atoms with Crippen molar-refractivity contribution in [2.45, 2.75) is 19.8 Å². The molecule has 4 heteroatoms. The normalized spacial score (nSPS) is 13.4. The van der Waals surface area contributed by atoms with Crippen molar-refractivity contribution in [3.05, 3.63) is 247 Å². The minimum atomic E-state index is 0.637. The molecular weight excluding hydrogens is 765 g/mol. The summed E-state index contributed by atoms with van der Waals surface area (Å²) in [7, 11) is 0. The first-order valence-corrected chi connectivity index (χ1v) is 21.6. The fraction of sp³-hybridized carbons (Fsp3) is 0.0508. The van der Waals surface area contributed by atoms with Crippen LogP contribution in [0.5, 0.6) is 0 Å². The van der Waals surface area contributed by atoms with Crippen LogP contribution in [0.15, 0.2) is 224 Å². The molecule has 0 spiro atoms. The Kier molecular flexibility index (Phi) is 9.47. The number of fused-ring (bicyclic) bond motifs is 7. The highest BCUT2D eigenvalue weighted by Crippen LogP contribution is 2.49. The Morgan fingerprint density at radius 3 is 1.65 bits per heavy atom. The highest BCUT2D eigenvalue weighted by atomic mass is 15.2. The van der Waals surface area contributed by atoms with Gasteiger partial charge in [0.1, 0.15) is 0 Å². The van der Waals surface area contributed by atoms with E-state index in [4.69, 9.17) is 9.98 Å². The van der Waals surface area contributed by atoms with E-state index in [1.165, 1.54) is 45.0 Å². The summed E-state index contributed by atoms with van der Waals surface area (Å²) in [5, 5.41) is 5.42. The third-order valence-electron chi connectivity index (χ3n) is 12.4. The molecule has 63 heavy (non-hydrogen) atoms. The molecular formula is C59H44N4. The molecule has 8 aromatic carbocycles. The van der Waals surface area contributed by atoms with Crippen molar-refractivity contribution < 1.29 is 0 Å². The van der Waals surface area contributed by atoms with Crippen LogP contribution in [0.1, 0.15) is 34.7 Å². The summed E-state index contributed by atoms with van der Waals surface area (Å²) < 4.78 is 0. The molecule has 0 amide bonds. The molecule has 9 aromatic rings. The number of aliphatic imine (C=N–C) groups is 1. The fourth-order valence-corrected chi connectivity index (χ4v) is 9.69. The Bertz CT molecular complexity index is 3330. The quantitative estimate of drug-likeness (QED) is 0.0870. The summed E-state index contributed by atoms with van der Waals surface area (Å²) in [6.07, 6.45) is 11.5. The van der Waals surface area contributed by atoms with Crippen LogP contribution < -0.4 is 9.80 Å². The van der Waals surface area contributed by atoms with Crippen LogP contribution in [0.3, 0.4) is 0 Å². The molecule has 4 nitrogen and oxygen atoms in total. The summed E-state index contributed by atoms with van der Waals surface area (Å²) in [6.45, 7) is 10.3. The number of rotatable bonds is 8. The largest absolute Gasteiger partial charge is 0.310 e. The molecule has 300 valence electrons. The van der Waals surface area contributed by atoms with Crippen LogP contribution in [0.25, 0.3) is 43.7 Å². The fourth-order valence-electron chi connectivity index (χ4n) is 9.69. The average Bonchev–Trinajstić information content (AvgIpc) is 3.33. The van der Waals surface area contributed by atoms with Crippen LogP contribution in [-0.4, -0.2) is 10.7 Å². The number of nitrogens with zero attached hydrogens (tertiary/aromatic N) is 4. The lowest BCUT2D eigenvalue weighted by atomic mass is 9.86. The maximum atomic E-state index is 5.42.